The summed E-state index contributed by atoms with van der Waals surface area (Å²) >= 11 is 0. The first-order chi connectivity index (χ1) is 7.50. The summed E-state index contributed by atoms with van der Waals surface area (Å²) in [6.07, 6.45) is -0.275. The normalized spacial score (nSPS) is 9.81. The minimum Gasteiger partial charge on any atom is -0.481 e. The first-order valence-corrected chi connectivity index (χ1v) is 4.44. The molecule has 0 saturated heterocycles. The summed E-state index contributed by atoms with van der Waals surface area (Å²) in [6.45, 7) is -0.231. The second-order valence-corrected chi connectivity index (χ2v) is 3.02. The molecule has 1 aromatic rings. The van der Waals surface area contributed by atoms with Gasteiger partial charge in [-0.3, -0.25) is 4.79 Å². The number of carbonyl (C=O) groups is 2. The molecule has 0 aliphatic carbocycles. The fraction of sp³-hybridized carbons (Fsp3) is 0.200. The molecular formula is C10H10FNO4. The Morgan fingerprint density at radius 2 is 2.12 bits per heavy atom. The summed E-state index contributed by atoms with van der Waals surface area (Å²) in [5, 5.41) is 8.32. The van der Waals surface area contributed by atoms with Gasteiger partial charge in [-0.15, -0.1) is 0 Å². The number of hydrogen-bond acceptors (Lipinski definition) is 4. The summed E-state index contributed by atoms with van der Waals surface area (Å²) < 4.78 is 17.4. The highest BCUT2D eigenvalue weighted by molar-refractivity contribution is 5.90. The van der Waals surface area contributed by atoms with Gasteiger partial charge in [0.1, 0.15) is 12.4 Å². The van der Waals surface area contributed by atoms with Crippen molar-refractivity contribution in [3.63, 3.8) is 0 Å². The van der Waals surface area contributed by atoms with Crippen LogP contribution in [0.15, 0.2) is 18.2 Å². The number of nitrogen functional groups attached to an aromatic ring is 1. The number of carboxylic acids is 1. The number of carbonyl (C=O) groups excluding carboxylic acids is 1. The van der Waals surface area contributed by atoms with Gasteiger partial charge in [-0.2, -0.15) is 0 Å². The molecule has 5 nitrogen and oxygen atoms in total. The Balaban J connectivity index is 2.59. The van der Waals surface area contributed by atoms with Crippen LogP contribution in [0.1, 0.15) is 16.8 Å². The Bertz CT molecular complexity index is 419. The molecule has 3 N–H and O–H groups in total. The zero-order chi connectivity index (χ0) is 12.1. The van der Waals surface area contributed by atoms with Crippen LogP contribution in [0.25, 0.3) is 0 Å². The van der Waals surface area contributed by atoms with Crippen molar-refractivity contribution in [3.8, 4) is 0 Å². The molecule has 0 amide bonds. The monoisotopic (exact) mass is 227 g/mol. The van der Waals surface area contributed by atoms with Crippen molar-refractivity contribution in [2.24, 2.45) is 0 Å². The summed E-state index contributed by atoms with van der Waals surface area (Å²) in [5.41, 5.74) is 5.19. The number of nitrogens with two attached hydrogens (primary N) is 1. The number of anilines is 1. The summed E-state index contributed by atoms with van der Waals surface area (Å²) in [5.74, 6) is -2.42. The summed E-state index contributed by atoms with van der Waals surface area (Å²) in [6, 6.07) is 3.40. The molecule has 0 spiro atoms. The van der Waals surface area contributed by atoms with Crippen molar-refractivity contribution in [2.45, 2.75) is 6.42 Å². The molecule has 0 heterocycles. The van der Waals surface area contributed by atoms with Crippen molar-refractivity contribution in [1.82, 2.24) is 0 Å². The van der Waals surface area contributed by atoms with Crippen LogP contribution in [0.3, 0.4) is 0 Å². The van der Waals surface area contributed by atoms with Gasteiger partial charge in [0, 0.05) is 0 Å². The molecule has 0 aromatic heterocycles. The Labute approximate surface area is 90.6 Å². The highest BCUT2D eigenvalue weighted by Gasteiger charge is 2.10. The van der Waals surface area contributed by atoms with E-state index in [0.717, 1.165) is 12.1 Å². The third-order valence-corrected chi connectivity index (χ3v) is 1.78. The van der Waals surface area contributed by atoms with Crippen LogP contribution in [0.4, 0.5) is 10.1 Å². The maximum absolute atomic E-state index is 12.8. The number of halogens is 1. The molecule has 0 unspecified atom stereocenters. The molecule has 0 saturated carbocycles. The van der Waals surface area contributed by atoms with Gasteiger partial charge in [-0.1, -0.05) is 0 Å². The number of esters is 1. The Kier molecular flexibility index (Phi) is 3.82. The fourth-order valence-electron chi connectivity index (χ4n) is 0.985. The van der Waals surface area contributed by atoms with E-state index in [9.17, 15) is 14.0 Å². The third-order valence-electron chi connectivity index (χ3n) is 1.78. The Morgan fingerprint density at radius 3 is 2.69 bits per heavy atom. The molecule has 0 aliphatic rings. The third kappa shape index (κ3) is 3.23. The van der Waals surface area contributed by atoms with Crippen LogP contribution in [-0.2, 0) is 9.53 Å². The lowest BCUT2D eigenvalue weighted by Crippen LogP contribution is -2.10. The average molecular weight is 227 g/mol. The van der Waals surface area contributed by atoms with Crippen LogP contribution in [-0.4, -0.2) is 23.7 Å². The highest BCUT2D eigenvalue weighted by Crippen LogP contribution is 2.13. The van der Waals surface area contributed by atoms with Gasteiger partial charge < -0.3 is 15.6 Å². The molecule has 6 heteroatoms. The summed E-state index contributed by atoms with van der Waals surface area (Å²) in [7, 11) is 0. The minimum absolute atomic E-state index is 0.0873. The minimum atomic E-state index is -1.06. The molecule has 16 heavy (non-hydrogen) atoms. The summed E-state index contributed by atoms with van der Waals surface area (Å²) in [4.78, 5) is 21.5. The van der Waals surface area contributed by atoms with Crippen molar-refractivity contribution in [3.05, 3.63) is 29.6 Å². The molecule has 0 atom stereocenters. The van der Waals surface area contributed by atoms with Gasteiger partial charge in [0.15, 0.2) is 0 Å². The first-order valence-electron chi connectivity index (χ1n) is 4.44. The molecule has 0 fully saturated rings. The standard InChI is InChI=1S/C10H10FNO4/c11-7-2-1-6(5-8(7)12)10(15)16-4-3-9(13)14/h1-2,5H,3-4,12H2,(H,13,14). The van der Waals surface area contributed by atoms with Crippen LogP contribution in [0, 0.1) is 5.82 Å². The van der Waals surface area contributed by atoms with E-state index in [1.54, 1.807) is 0 Å². The molecular weight excluding hydrogens is 217 g/mol. The van der Waals surface area contributed by atoms with Crippen molar-refractivity contribution in [1.29, 1.82) is 0 Å². The van der Waals surface area contributed by atoms with Gasteiger partial charge in [0.25, 0.3) is 0 Å². The zero-order valence-electron chi connectivity index (χ0n) is 8.27. The fourth-order valence-corrected chi connectivity index (χ4v) is 0.985. The molecule has 1 rings (SSSR count). The predicted molar refractivity (Wildman–Crippen MR) is 53.3 cm³/mol. The number of carboxylic acid groups (broad SMARTS) is 1. The van der Waals surface area contributed by atoms with Gasteiger partial charge in [0.05, 0.1) is 17.7 Å². The van der Waals surface area contributed by atoms with E-state index in [4.69, 9.17) is 10.8 Å². The van der Waals surface area contributed by atoms with E-state index in [2.05, 4.69) is 4.74 Å². The Hall–Kier alpha value is -2.11. The quantitative estimate of drug-likeness (QED) is 0.592. The molecule has 1 aromatic carbocycles. The molecule has 0 radical (unpaired) electrons. The number of rotatable bonds is 4. The topological polar surface area (TPSA) is 89.6 Å². The van der Waals surface area contributed by atoms with Crippen molar-refractivity contribution in [2.75, 3.05) is 12.3 Å². The zero-order valence-corrected chi connectivity index (χ0v) is 8.27. The second kappa shape index (κ2) is 5.11. The van der Waals surface area contributed by atoms with Crippen molar-refractivity contribution >= 4 is 17.6 Å². The van der Waals surface area contributed by atoms with E-state index in [0.29, 0.717) is 0 Å². The van der Waals surface area contributed by atoms with Crippen LogP contribution < -0.4 is 5.73 Å². The largest absolute Gasteiger partial charge is 0.481 e. The number of benzene rings is 1. The van der Waals surface area contributed by atoms with E-state index < -0.39 is 17.8 Å². The number of aliphatic carboxylic acids is 1. The predicted octanol–water partition coefficient (Wildman–Crippen LogP) is 1.04. The molecule has 86 valence electrons. The van der Waals surface area contributed by atoms with Crippen LogP contribution in [0.2, 0.25) is 0 Å². The highest BCUT2D eigenvalue weighted by atomic mass is 19.1. The van der Waals surface area contributed by atoms with E-state index in [-0.39, 0.29) is 24.3 Å². The SMILES string of the molecule is Nc1cc(C(=O)OCCC(=O)O)ccc1F. The van der Waals surface area contributed by atoms with Crippen LogP contribution in [0.5, 0.6) is 0 Å². The maximum Gasteiger partial charge on any atom is 0.338 e. The lowest BCUT2D eigenvalue weighted by atomic mass is 10.2. The first kappa shape index (κ1) is 12.0. The molecule has 0 bridgehead atoms. The Morgan fingerprint density at radius 1 is 1.44 bits per heavy atom. The maximum atomic E-state index is 12.8. The number of ether oxygens (including phenoxy) is 1. The lowest BCUT2D eigenvalue weighted by molar-refractivity contribution is -0.137. The van der Waals surface area contributed by atoms with Gasteiger partial charge >= 0.3 is 11.9 Å². The van der Waals surface area contributed by atoms with E-state index >= 15 is 0 Å². The smallest absolute Gasteiger partial charge is 0.338 e. The van der Waals surface area contributed by atoms with E-state index in [1.807, 2.05) is 0 Å². The van der Waals surface area contributed by atoms with Crippen molar-refractivity contribution < 1.29 is 23.8 Å². The van der Waals surface area contributed by atoms with Gasteiger partial charge in [0.2, 0.25) is 0 Å². The van der Waals surface area contributed by atoms with Crippen LogP contribution >= 0.6 is 0 Å². The van der Waals surface area contributed by atoms with Gasteiger partial charge in [-0.05, 0) is 18.2 Å². The average Bonchev–Trinajstić information content (AvgIpc) is 2.21. The van der Waals surface area contributed by atoms with E-state index in [1.165, 1.54) is 6.07 Å². The molecule has 0 aliphatic heterocycles. The second-order valence-electron chi connectivity index (χ2n) is 3.02. The lowest BCUT2D eigenvalue weighted by Gasteiger charge is -2.04. The number of hydrogen-bond donors (Lipinski definition) is 2. The van der Waals surface area contributed by atoms with Gasteiger partial charge in [-0.25, -0.2) is 9.18 Å².